The number of rotatable bonds is 4. The van der Waals surface area contributed by atoms with Crippen LogP contribution in [0.1, 0.15) is 23.3 Å². The van der Waals surface area contributed by atoms with Gasteiger partial charge in [-0.1, -0.05) is 17.7 Å². The van der Waals surface area contributed by atoms with Gasteiger partial charge in [-0.3, -0.25) is 4.79 Å². The van der Waals surface area contributed by atoms with Crippen molar-refractivity contribution in [2.75, 3.05) is 18.4 Å². The molecule has 1 aromatic heterocycles. The van der Waals surface area contributed by atoms with Gasteiger partial charge in [0.05, 0.1) is 28.7 Å². The van der Waals surface area contributed by atoms with E-state index in [1.54, 1.807) is 4.90 Å². The van der Waals surface area contributed by atoms with E-state index in [9.17, 15) is 22.8 Å². The zero-order valence-corrected chi connectivity index (χ0v) is 16.8. The van der Waals surface area contributed by atoms with Crippen LogP contribution in [0.4, 0.5) is 23.7 Å². The van der Waals surface area contributed by atoms with Crippen LogP contribution in [-0.4, -0.2) is 29.9 Å². The lowest BCUT2D eigenvalue weighted by Gasteiger charge is -2.32. The summed E-state index contributed by atoms with van der Waals surface area (Å²) in [6.45, 7) is 1.12. The Kier molecular flexibility index (Phi) is 6.69. The van der Waals surface area contributed by atoms with Gasteiger partial charge in [0.1, 0.15) is 0 Å². The molecular weight excluding hydrogens is 427 g/mol. The fourth-order valence-electron chi connectivity index (χ4n) is 3.10. The number of anilines is 1. The van der Waals surface area contributed by atoms with Crippen molar-refractivity contribution in [3.05, 3.63) is 51.2 Å². The number of hydrogen-bond acceptors (Lipinski definition) is 3. The molecule has 1 atom stereocenters. The van der Waals surface area contributed by atoms with E-state index in [1.807, 2.05) is 17.5 Å². The quantitative estimate of drug-likeness (QED) is 0.697. The van der Waals surface area contributed by atoms with Crippen LogP contribution in [0.3, 0.4) is 0 Å². The maximum Gasteiger partial charge on any atom is 0.416 e. The summed E-state index contributed by atoms with van der Waals surface area (Å²) in [5.74, 6) is -0.983. The first-order valence-electron chi connectivity index (χ1n) is 8.97. The number of nitrogens with one attached hydrogen (secondary N) is 2. The molecule has 1 unspecified atom stereocenters. The van der Waals surface area contributed by atoms with E-state index in [4.69, 9.17) is 11.6 Å². The second-order valence-electron chi connectivity index (χ2n) is 6.70. The molecule has 10 heteroatoms. The van der Waals surface area contributed by atoms with E-state index in [1.165, 1.54) is 11.3 Å². The molecule has 3 rings (SSSR count). The molecule has 2 aromatic rings. The summed E-state index contributed by atoms with van der Waals surface area (Å²) in [7, 11) is 0. The van der Waals surface area contributed by atoms with Crippen LogP contribution >= 0.6 is 22.9 Å². The molecule has 1 fully saturated rings. The highest BCUT2D eigenvalue weighted by molar-refractivity contribution is 7.09. The third kappa shape index (κ3) is 5.63. The van der Waals surface area contributed by atoms with Crippen molar-refractivity contribution in [1.29, 1.82) is 0 Å². The number of carbonyl (C=O) groups is 2. The molecule has 1 aliphatic heterocycles. The van der Waals surface area contributed by atoms with Gasteiger partial charge < -0.3 is 15.5 Å². The highest BCUT2D eigenvalue weighted by Crippen LogP contribution is 2.34. The van der Waals surface area contributed by atoms with Crippen molar-refractivity contribution >= 4 is 40.6 Å². The number of halogens is 4. The number of carbonyl (C=O) groups excluding carboxylic acids is 2. The highest BCUT2D eigenvalue weighted by atomic mass is 35.5. The number of hydrogen-bond donors (Lipinski definition) is 2. The van der Waals surface area contributed by atoms with Crippen LogP contribution in [-0.2, 0) is 17.5 Å². The van der Waals surface area contributed by atoms with Crippen molar-refractivity contribution in [1.82, 2.24) is 10.2 Å². The molecule has 2 heterocycles. The molecule has 0 radical (unpaired) electrons. The van der Waals surface area contributed by atoms with Crippen molar-refractivity contribution in [3.63, 3.8) is 0 Å². The Morgan fingerprint density at radius 3 is 2.76 bits per heavy atom. The van der Waals surface area contributed by atoms with Gasteiger partial charge in [0.25, 0.3) is 0 Å². The number of thiophene rings is 1. The molecule has 0 saturated carbocycles. The van der Waals surface area contributed by atoms with Crippen molar-refractivity contribution < 1.29 is 22.8 Å². The van der Waals surface area contributed by atoms with E-state index < -0.39 is 23.6 Å². The fourth-order valence-corrected chi connectivity index (χ4v) is 3.90. The molecule has 1 aromatic carbocycles. The predicted octanol–water partition coefficient (Wildman–Crippen LogP) is 4.98. The predicted molar refractivity (Wildman–Crippen MR) is 106 cm³/mol. The van der Waals surface area contributed by atoms with Gasteiger partial charge >= 0.3 is 12.2 Å². The van der Waals surface area contributed by atoms with Gasteiger partial charge in [0.15, 0.2) is 0 Å². The Hall–Kier alpha value is -2.26. The second kappa shape index (κ2) is 9.04. The number of alkyl halides is 3. The summed E-state index contributed by atoms with van der Waals surface area (Å²) in [5, 5.41) is 7.23. The molecule has 0 aliphatic carbocycles. The number of amides is 3. The molecule has 1 aliphatic rings. The normalized spacial score (nSPS) is 17.1. The molecule has 2 N–H and O–H groups in total. The smallest absolute Gasteiger partial charge is 0.333 e. The zero-order valence-electron chi connectivity index (χ0n) is 15.3. The van der Waals surface area contributed by atoms with Crippen LogP contribution < -0.4 is 10.6 Å². The largest absolute Gasteiger partial charge is 0.416 e. The second-order valence-corrected chi connectivity index (χ2v) is 8.14. The Bertz CT molecular complexity index is 874. The third-order valence-electron chi connectivity index (χ3n) is 4.62. The van der Waals surface area contributed by atoms with E-state index in [0.29, 0.717) is 25.9 Å². The summed E-state index contributed by atoms with van der Waals surface area (Å²) in [4.78, 5) is 27.5. The van der Waals surface area contributed by atoms with E-state index in [-0.39, 0.29) is 23.3 Å². The monoisotopic (exact) mass is 445 g/mol. The molecule has 5 nitrogen and oxygen atoms in total. The fraction of sp³-hybridized carbons (Fsp3) is 0.368. The summed E-state index contributed by atoms with van der Waals surface area (Å²) >= 11 is 7.48. The lowest BCUT2D eigenvalue weighted by molar-refractivity contribution is -0.137. The Balaban J connectivity index is 1.60. The number of benzene rings is 1. The average molecular weight is 446 g/mol. The minimum absolute atomic E-state index is 0.0210. The van der Waals surface area contributed by atoms with Gasteiger partial charge in [0.2, 0.25) is 5.91 Å². The maximum absolute atomic E-state index is 12.9. The van der Waals surface area contributed by atoms with E-state index in [2.05, 4.69) is 10.6 Å². The topological polar surface area (TPSA) is 61.4 Å². The van der Waals surface area contributed by atoms with Crippen molar-refractivity contribution in [2.24, 2.45) is 5.92 Å². The molecule has 1 saturated heterocycles. The minimum Gasteiger partial charge on any atom is -0.333 e. The van der Waals surface area contributed by atoms with Crippen LogP contribution in [0.15, 0.2) is 35.7 Å². The van der Waals surface area contributed by atoms with Gasteiger partial charge in [-0.15, -0.1) is 11.3 Å². The first-order valence-corrected chi connectivity index (χ1v) is 10.2. The van der Waals surface area contributed by atoms with E-state index in [0.717, 1.165) is 23.1 Å². The maximum atomic E-state index is 12.9. The van der Waals surface area contributed by atoms with Crippen molar-refractivity contribution in [2.45, 2.75) is 25.6 Å². The van der Waals surface area contributed by atoms with Gasteiger partial charge in [-0.25, -0.2) is 4.79 Å². The molecule has 0 bridgehead atoms. The molecular formula is C19H19ClF3N3O2S. The Morgan fingerprint density at radius 2 is 2.07 bits per heavy atom. The zero-order chi connectivity index (χ0) is 21.0. The third-order valence-corrected chi connectivity index (χ3v) is 5.83. The average Bonchev–Trinajstić information content (AvgIpc) is 3.20. The van der Waals surface area contributed by atoms with Gasteiger partial charge in [0, 0.05) is 18.0 Å². The molecule has 156 valence electrons. The number of likely N-dealkylation sites (tertiary alicyclic amines) is 1. The first-order chi connectivity index (χ1) is 13.7. The van der Waals surface area contributed by atoms with Gasteiger partial charge in [-0.05, 0) is 42.5 Å². The Labute approximate surface area is 174 Å². The molecule has 3 amide bonds. The standard InChI is InChI=1S/C19H19ClF3N3O2S/c20-15-6-5-13(19(21,22)23)9-16(15)25-17(27)12-3-1-7-26(11-12)18(28)24-10-14-4-2-8-29-14/h2,4-6,8-9,12H,1,3,7,10-11H2,(H,24,28)(H,25,27). The van der Waals surface area contributed by atoms with Crippen molar-refractivity contribution in [3.8, 4) is 0 Å². The number of urea groups is 1. The summed E-state index contributed by atoms with van der Waals surface area (Å²) in [6, 6.07) is 6.31. The van der Waals surface area contributed by atoms with E-state index >= 15 is 0 Å². The first kappa shape index (κ1) is 21.4. The van der Waals surface area contributed by atoms with Crippen LogP contribution in [0.2, 0.25) is 5.02 Å². The molecule has 0 spiro atoms. The number of piperidine rings is 1. The van der Waals surface area contributed by atoms with Crippen LogP contribution in [0.25, 0.3) is 0 Å². The lowest BCUT2D eigenvalue weighted by atomic mass is 9.97. The summed E-state index contributed by atoms with van der Waals surface area (Å²) in [6.07, 6.45) is -3.37. The highest BCUT2D eigenvalue weighted by Gasteiger charge is 2.32. The SMILES string of the molecule is O=C(Nc1cc(C(F)(F)F)ccc1Cl)C1CCCN(C(=O)NCc2cccs2)C1. The summed E-state index contributed by atoms with van der Waals surface area (Å²) in [5.41, 5.74) is -0.985. The Morgan fingerprint density at radius 1 is 1.28 bits per heavy atom. The number of nitrogens with zero attached hydrogens (tertiary/aromatic N) is 1. The van der Waals surface area contributed by atoms with Gasteiger partial charge in [-0.2, -0.15) is 13.2 Å². The minimum atomic E-state index is -4.54. The molecule has 29 heavy (non-hydrogen) atoms. The lowest BCUT2D eigenvalue weighted by Crippen LogP contribution is -2.47. The van der Waals surface area contributed by atoms with Crippen LogP contribution in [0, 0.1) is 5.92 Å². The summed E-state index contributed by atoms with van der Waals surface area (Å²) < 4.78 is 38.7. The van der Waals surface area contributed by atoms with Crippen LogP contribution in [0.5, 0.6) is 0 Å².